The molecule has 0 rings (SSSR count). The van der Waals surface area contributed by atoms with E-state index in [0.717, 1.165) is 0 Å². The molecular formula is C6H3F6I. The fraction of sp³-hybridized carbons (Fsp3) is 0.333. The summed E-state index contributed by atoms with van der Waals surface area (Å²) >= 11 is 1.27. The largest absolute Gasteiger partial charge is 0.421 e. The van der Waals surface area contributed by atoms with Gasteiger partial charge in [0.05, 0.1) is 0 Å². The van der Waals surface area contributed by atoms with Crippen LogP contribution in [0.4, 0.5) is 26.3 Å². The Kier molecular flexibility index (Phi) is 3.82. The van der Waals surface area contributed by atoms with Crippen molar-refractivity contribution in [3.8, 4) is 0 Å². The zero-order valence-electron chi connectivity index (χ0n) is 5.93. The first kappa shape index (κ1) is 12.8. The van der Waals surface area contributed by atoms with Crippen LogP contribution in [0, 0.1) is 0 Å². The van der Waals surface area contributed by atoms with E-state index in [0.29, 0.717) is 0 Å². The Balaban J connectivity index is 5.13. The number of alkyl halides is 6. The second-order valence-corrected chi connectivity index (χ2v) is 3.39. The summed E-state index contributed by atoms with van der Waals surface area (Å²) in [6.07, 6.45) is -10.8. The van der Waals surface area contributed by atoms with Gasteiger partial charge in [0.1, 0.15) is 5.57 Å². The van der Waals surface area contributed by atoms with Crippen LogP contribution in [0.2, 0.25) is 0 Å². The van der Waals surface area contributed by atoms with Crippen molar-refractivity contribution in [2.75, 3.05) is 0 Å². The molecule has 0 bridgehead atoms. The summed E-state index contributed by atoms with van der Waals surface area (Å²) in [5.74, 6) is 0. The first-order valence-corrected chi connectivity index (χ1v) is 3.83. The highest BCUT2D eigenvalue weighted by molar-refractivity contribution is 14.1. The van der Waals surface area contributed by atoms with Crippen LogP contribution in [-0.4, -0.2) is 12.4 Å². The van der Waals surface area contributed by atoms with E-state index in [1.807, 2.05) is 0 Å². The van der Waals surface area contributed by atoms with Gasteiger partial charge in [-0.25, -0.2) is 0 Å². The average Bonchev–Trinajstić information content (AvgIpc) is 1.77. The van der Waals surface area contributed by atoms with Crippen LogP contribution >= 0.6 is 22.6 Å². The van der Waals surface area contributed by atoms with Gasteiger partial charge < -0.3 is 0 Å². The smallest absolute Gasteiger partial charge is 0.166 e. The van der Waals surface area contributed by atoms with Crippen molar-refractivity contribution in [2.45, 2.75) is 12.4 Å². The van der Waals surface area contributed by atoms with Crippen molar-refractivity contribution in [3.63, 3.8) is 0 Å². The van der Waals surface area contributed by atoms with E-state index in [1.165, 1.54) is 22.6 Å². The van der Waals surface area contributed by atoms with Crippen LogP contribution < -0.4 is 0 Å². The highest BCUT2D eigenvalue weighted by Gasteiger charge is 2.50. The lowest BCUT2D eigenvalue weighted by molar-refractivity contribution is -0.171. The monoisotopic (exact) mass is 316 g/mol. The zero-order chi connectivity index (χ0) is 10.9. The summed E-state index contributed by atoms with van der Waals surface area (Å²) < 4.78 is 70.1. The number of hydrogen-bond donors (Lipinski definition) is 0. The molecule has 0 heterocycles. The molecule has 0 aliphatic rings. The molecule has 0 radical (unpaired) electrons. The van der Waals surface area contributed by atoms with Crippen LogP contribution in [-0.2, 0) is 0 Å². The fourth-order valence-corrected chi connectivity index (χ4v) is 0.792. The van der Waals surface area contributed by atoms with Gasteiger partial charge in [-0.05, 0) is 28.7 Å². The van der Waals surface area contributed by atoms with Gasteiger partial charge in [0.2, 0.25) is 0 Å². The molecule has 0 saturated carbocycles. The number of halogens is 7. The Morgan fingerprint density at radius 3 is 1.38 bits per heavy atom. The molecule has 0 aromatic heterocycles. The van der Waals surface area contributed by atoms with Crippen LogP contribution in [0.5, 0.6) is 0 Å². The summed E-state index contributed by atoms with van der Waals surface area (Å²) in [7, 11) is 0. The molecule has 0 nitrogen and oxygen atoms in total. The Labute approximate surface area is 83.4 Å². The quantitative estimate of drug-likeness (QED) is 0.390. The molecule has 0 aliphatic carbocycles. The summed E-state index contributed by atoms with van der Waals surface area (Å²) in [5, 5.41) is 0. The van der Waals surface area contributed by atoms with E-state index in [-0.39, 0.29) is 9.66 Å². The van der Waals surface area contributed by atoms with Gasteiger partial charge in [-0.3, -0.25) is 0 Å². The zero-order valence-corrected chi connectivity index (χ0v) is 8.09. The van der Waals surface area contributed by atoms with Crippen LogP contribution in [0.15, 0.2) is 21.8 Å². The first-order valence-electron chi connectivity index (χ1n) is 2.75. The van der Waals surface area contributed by atoms with Crippen molar-refractivity contribution in [1.29, 1.82) is 0 Å². The normalized spacial score (nSPS) is 12.5. The number of rotatable bonds is 1. The standard InChI is InChI=1S/C6H3F6I/c1-3(13)2-4(5(7,8)9)6(10,11)12/h2H,1H2. The van der Waals surface area contributed by atoms with E-state index in [4.69, 9.17) is 0 Å². The minimum Gasteiger partial charge on any atom is -0.166 e. The summed E-state index contributed by atoms with van der Waals surface area (Å²) in [4.78, 5) is 0. The number of allylic oxidation sites excluding steroid dienone is 3. The van der Waals surface area contributed by atoms with Crippen molar-refractivity contribution in [2.24, 2.45) is 0 Å². The Morgan fingerprint density at radius 1 is 1.00 bits per heavy atom. The minimum absolute atomic E-state index is 0.0411. The second-order valence-electron chi connectivity index (χ2n) is 2.00. The minimum atomic E-state index is -5.40. The molecule has 0 aliphatic heterocycles. The molecule has 0 spiro atoms. The molecule has 7 heteroatoms. The first-order chi connectivity index (χ1) is 5.55. The van der Waals surface area contributed by atoms with E-state index < -0.39 is 17.9 Å². The Bertz CT molecular complexity index is 216. The summed E-state index contributed by atoms with van der Waals surface area (Å²) in [6.45, 7) is 2.93. The third-order valence-corrected chi connectivity index (χ3v) is 1.22. The van der Waals surface area contributed by atoms with E-state index in [1.54, 1.807) is 0 Å². The molecular weight excluding hydrogens is 313 g/mol. The maximum atomic E-state index is 11.7. The Hall–Kier alpha value is -0.210. The summed E-state index contributed by atoms with van der Waals surface area (Å²) in [6, 6.07) is 0. The van der Waals surface area contributed by atoms with Crippen molar-refractivity contribution >= 4 is 22.6 Å². The van der Waals surface area contributed by atoms with Crippen molar-refractivity contribution < 1.29 is 26.3 Å². The molecule has 76 valence electrons. The molecule has 13 heavy (non-hydrogen) atoms. The highest BCUT2D eigenvalue weighted by Crippen LogP contribution is 2.39. The SMILES string of the molecule is C=C(I)C=C(C(F)(F)F)C(F)(F)F. The van der Waals surface area contributed by atoms with Crippen LogP contribution in [0.1, 0.15) is 0 Å². The summed E-state index contributed by atoms with van der Waals surface area (Å²) in [5.41, 5.74) is -2.54. The molecule has 0 atom stereocenters. The number of hydrogen-bond acceptors (Lipinski definition) is 0. The van der Waals surface area contributed by atoms with Crippen LogP contribution in [0.3, 0.4) is 0 Å². The molecule has 0 aromatic carbocycles. The molecule has 0 N–H and O–H groups in total. The van der Waals surface area contributed by atoms with Gasteiger partial charge in [-0.15, -0.1) is 0 Å². The van der Waals surface area contributed by atoms with Gasteiger partial charge >= 0.3 is 12.4 Å². The maximum absolute atomic E-state index is 11.7. The molecule has 0 fully saturated rings. The lowest BCUT2D eigenvalue weighted by Gasteiger charge is -2.14. The predicted molar refractivity (Wildman–Crippen MR) is 43.4 cm³/mol. The average molecular weight is 316 g/mol. The lowest BCUT2D eigenvalue weighted by Crippen LogP contribution is -2.26. The third-order valence-electron chi connectivity index (χ3n) is 0.912. The van der Waals surface area contributed by atoms with E-state index >= 15 is 0 Å². The van der Waals surface area contributed by atoms with Gasteiger partial charge in [-0.1, -0.05) is 6.58 Å². The van der Waals surface area contributed by atoms with E-state index in [2.05, 4.69) is 6.58 Å². The van der Waals surface area contributed by atoms with E-state index in [9.17, 15) is 26.3 Å². The van der Waals surface area contributed by atoms with Gasteiger partial charge in [0, 0.05) is 3.58 Å². The Morgan fingerprint density at radius 2 is 1.31 bits per heavy atom. The maximum Gasteiger partial charge on any atom is 0.421 e. The molecule has 0 unspecified atom stereocenters. The second kappa shape index (κ2) is 3.89. The third kappa shape index (κ3) is 4.53. The molecule has 0 saturated heterocycles. The molecule has 0 aromatic rings. The van der Waals surface area contributed by atoms with Gasteiger partial charge in [0.15, 0.2) is 0 Å². The van der Waals surface area contributed by atoms with Crippen molar-refractivity contribution in [3.05, 3.63) is 21.8 Å². The van der Waals surface area contributed by atoms with Crippen LogP contribution in [0.25, 0.3) is 0 Å². The highest BCUT2D eigenvalue weighted by atomic mass is 127. The van der Waals surface area contributed by atoms with Gasteiger partial charge in [0.25, 0.3) is 0 Å². The predicted octanol–water partition coefficient (Wildman–Crippen LogP) is 3.99. The topological polar surface area (TPSA) is 0 Å². The fourth-order valence-electron chi connectivity index (χ4n) is 0.481. The van der Waals surface area contributed by atoms with Crippen molar-refractivity contribution in [1.82, 2.24) is 0 Å². The molecule has 0 amide bonds. The van der Waals surface area contributed by atoms with Gasteiger partial charge in [-0.2, -0.15) is 26.3 Å². The lowest BCUT2D eigenvalue weighted by atomic mass is 10.2.